The van der Waals surface area contributed by atoms with Gasteiger partial charge >= 0.3 is 0 Å². The van der Waals surface area contributed by atoms with Crippen LogP contribution in [0.1, 0.15) is 70.8 Å². The second kappa shape index (κ2) is 6.08. The number of nitrogens with zero attached hydrogens (tertiary/aromatic N) is 2. The van der Waals surface area contributed by atoms with E-state index in [1.54, 1.807) is 0 Å². The molecule has 3 nitrogen and oxygen atoms in total. The van der Waals surface area contributed by atoms with E-state index in [-0.39, 0.29) is 5.54 Å². The lowest BCUT2D eigenvalue weighted by Gasteiger charge is -2.28. The van der Waals surface area contributed by atoms with Crippen LogP contribution in [0.4, 0.5) is 0 Å². The van der Waals surface area contributed by atoms with Gasteiger partial charge in [0.05, 0.1) is 12.0 Å². The number of imidazole rings is 1. The van der Waals surface area contributed by atoms with Crippen molar-refractivity contribution in [3.05, 3.63) is 17.7 Å². The van der Waals surface area contributed by atoms with Crippen LogP contribution in [-0.2, 0) is 12.8 Å². The fourth-order valence-corrected chi connectivity index (χ4v) is 2.90. The number of aromatic nitrogens is 2. The predicted molar refractivity (Wildman–Crippen MR) is 80.6 cm³/mol. The highest BCUT2D eigenvalue weighted by Crippen LogP contribution is 2.25. The first-order valence-corrected chi connectivity index (χ1v) is 7.81. The van der Waals surface area contributed by atoms with Crippen LogP contribution in [0, 0.1) is 0 Å². The average molecular weight is 263 g/mol. The minimum atomic E-state index is 0.187. The standard InChI is InChI=1S/C16H29N3/c1-5-8-13(11-18-16(2,3)4)19-12-17-14-9-6-7-10-15(14)19/h12-13,18H,5-11H2,1-4H3. The van der Waals surface area contributed by atoms with Gasteiger partial charge in [-0.25, -0.2) is 4.98 Å². The summed E-state index contributed by atoms with van der Waals surface area (Å²) in [4.78, 5) is 4.64. The summed E-state index contributed by atoms with van der Waals surface area (Å²) in [6, 6.07) is 0.554. The van der Waals surface area contributed by atoms with Gasteiger partial charge in [-0.05, 0) is 52.9 Å². The summed E-state index contributed by atoms with van der Waals surface area (Å²) >= 11 is 0. The molecule has 0 aromatic carbocycles. The summed E-state index contributed by atoms with van der Waals surface area (Å²) < 4.78 is 2.46. The monoisotopic (exact) mass is 263 g/mol. The molecule has 1 unspecified atom stereocenters. The van der Waals surface area contributed by atoms with E-state index in [2.05, 4.69) is 48.9 Å². The van der Waals surface area contributed by atoms with Crippen molar-refractivity contribution in [2.75, 3.05) is 6.54 Å². The van der Waals surface area contributed by atoms with Gasteiger partial charge in [-0.15, -0.1) is 0 Å². The third-order valence-electron chi connectivity index (χ3n) is 3.94. The second-order valence-electron chi connectivity index (χ2n) is 6.83. The zero-order valence-corrected chi connectivity index (χ0v) is 13.0. The van der Waals surface area contributed by atoms with Gasteiger partial charge in [0.1, 0.15) is 0 Å². The molecule has 1 aliphatic rings. The van der Waals surface area contributed by atoms with E-state index in [0.29, 0.717) is 6.04 Å². The Balaban J connectivity index is 2.12. The van der Waals surface area contributed by atoms with Gasteiger partial charge in [0.15, 0.2) is 0 Å². The van der Waals surface area contributed by atoms with E-state index in [0.717, 1.165) is 6.54 Å². The Hall–Kier alpha value is -0.830. The van der Waals surface area contributed by atoms with Crippen LogP contribution in [0.5, 0.6) is 0 Å². The van der Waals surface area contributed by atoms with Crippen molar-refractivity contribution < 1.29 is 0 Å². The molecule has 1 aromatic rings. The molecule has 0 fully saturated rings. The maximum Gasteiger partial charge on any atom is 0.0954 e. The molecule has 0 spiro atoms. The Bertz CT molecular complexity index is 401. The zero-order valence-electron chi connectivity index (χ0n) is 13.0. The number of hydrogen-bond donors (Lipinski definition) is 1. The predicted octanol–water partition coefficient (Wildman–Crippen LogP) is 3.49. The van der Waals surface area contributed by atoms with Crippen LogP contribution in [0.2, 0.25) is 0 Å². The van der Waals surface area contributed by atoms with E-state index in [4.69, 9.17) is 0 Å². The van der Waals surface area contributed by atoms with Gasteiger partial charge in [-0.3, -0.25) is 0 Å². The van der Waals surface area contributed by atoms with Crippen molar-refractivity contribution in [2.45, 2.75) is 77.8 Å². The van der Waals surface area contributed by atoms with E-state index in [1.807, 2.05) is 0 Å². The van der Waals surface area contributed by atoms with Gasteiger partial charge in [0, 0.05) is 23.8 Å². The van der Waals surface area contributed by atoms with Crippen molar-refractivity contribution in [1.82, 2.24) is 14.9 Å². The van der Waals surface area contributed by atoms with Crippen LogP contribution in [0.25, 0.3) is 0 Å². The molecule has 0 radical (unpaired) electrons. The van der Waals surface area contributed by atoms with Crippen molar-refractivity contribution in [3.63, 3.8) is 0 Å². The van der Waals surface area contributed by atoms with Crippen molar-refractivity contribution >= 4 is 0 Å². The first-order chi connectivity index (χ1) is 9.01. The minimum Gasteiger partial charge on any atom is -0.330 e. The third kappa shape index (κ3) is 3.82. The number of hydrogen-bond acceptors (Lipinski definition) is 2. The summed E-state index contributed by atoms with van der Waals surface area (Å²) in [5.41, 5.74) is 3.04. The summed E-state index contributed by atoms with van der Waals surface area (Å²) in [7, 11) is 0. The van der Waals surface area contributed by atoms with Crippen LogP contribution >= 0.6 is 0 Å². The van der Waals surface area contributed by atoms with Gasteiger partial charge in [-0.2, -0.15) is 0 Å². The van der Waals surface area contributed by atoms with Gasteiger partial charge < -0.3 is 9.88 Å². The van der Waals surface area contributed by atoms with E-state index >= 15 is 0 Å². The van der Waals surface area contributed by atoms with Crippen LogP contribution in [0.15, 0.2) is 6.33 Å². The molecule has 1 atom stereocenters. The number of nitrogens with one attached hydrogen (secondary N) is 1. The lowest BCUT2D eigenvalue weighted by Crippen LogP contribution is -2.40. The number of aryl methyl sites for hydroxylation is 1. The van der Waals surface area contributed by atoms with Crippen LogP contribution in [0.3, 0.4) is 0 Å². The highest BCUT2D eigenvalue weighted by Gasteiger charge is 2.21. The maximum atomic E-state index is 4.64. The fraction of sp³-hybridized carbons (Fsp3) is 0.812. The molecule has 1 aromatic heterocycles. The van der Waals surface area contributed by atoms with Gasteiger partial charge in [-0.1, -0.05) is 13.3 Å². The molecule has 1 N–H and O–H groups in total. The molecule has 19 heavy (non-hydrogen) atoms. The summed E-state index contributed by atoms with van der Waals surface area (Å²) in [6.07, 6.45) is 9.56. The smallest absolute Gasteiger partial charge is 0.0954 e. The van der Waals surface area contributed by atoms with E-state index in [1.165, 1.54) is 49.9 Å². The first kappa shape index (κ1) is 14.6. The normalized spacial score (nSPS) is 17.3. The largest absolute Gasteiger partial charge is 0.330 e. The number of rotatable bonds is 5. The van der Waals surface area contributed by atoms with E-state index < -0.39 is 0 Å². The maximum absolute atomic E-state index is 4.64. The minimum absolute atomic E-state index is 0.187. The molecule has 1 aliphatic carbocycles. The van der Waals surface area contributed by atoms with E-state index in [9.17, 15) is 0 Å². The van der Waals surface area contributed by atoms with Crippen molar-refractivity contribution in [3.8, 4) is 0 Å². The lowest BCUT2D eigenvalue weighted by atomic mass is 10.00. The molecule has 108 valence electrons. The average Bonchev–Trinajstić information content (AvgIpc) is 2.77. The Labute approximate surface area is 117 Å². The molecule has 0 amide bonds. The number of fused-ring (bicyclic) bond motifs is 1. The molecule has 0 bridgehead atoms. The molecular formula is C16H29N3. The highest BCUT2D eigenvalue weighted by atomic mass is 15.1. The van der Waals surface area contributed by atoms with Crippen LogP contribution in [-0.4, -0.2) is 21.6 Å². The Morgan fingerprint density at radius 1 is 1.32 bits per heavy atom. The van der Waals surface area contributed by atoms with Crippen molar-refractivity contribution in [1.29, 1.82) is 0 Å². The second-order valence-corrected chi connectivity index (χ2v) is 6.83. The molecular weight excluding hydrogens is 234 g/mol. The summed E-state index contributed by atoms with van der Waals surface area (Å²) in [5.74, 6) is 0. The van der Waals surface area contributed by atoms with Gasteiger partial charge in [0.25, 0.3) is 0 Å². The zero-order chi connectivity index (χ0) is 13.9. The summed E-state index contributed by atoms with van der Waals surface area (Å²) in [6.45, 7) is 10.0. The Morgan fingerprint density at radius 3 is 2.74 bits per heavy atom. The Morgan fingerprint density at radius 2 is 2.05 bits per heavy atom. The topological polar surface area (TPSA) is 29.9 Å². The van der Waals surface area contributed by atoms with Gasteiger partial charge in [0.2, 0.25) is 0 Å². The lowest BCUT2D eigenvalue weighted by molar-refractivity contribution is 0.347. The highest BCUT2D eigenvalue weighted by molar-refractivity contribution is 5.17. The Kier molecular flexibility index (Phi) is 4.67. The first-order valence-electron chi connectivity index (χ1n) is 7.81. The third-order valence-corrected chi connectivity index (χ3v) is 3.94. The van der Waals surface area contributed by atoms with Crippen molar-refractivity contribution in [2.24, 2.45) is 0 Å². The SMILES string of the molecule is CCCC(CNC(C)(C)C)n1cnc2c1CCCC2. The molecule has 0 saturated heterocycles. The summed E-state index contributed by atoms with van der Waals surface area (Å²) in [5, 5.41) is 3.65. The molecule has 0 aliphatic heterocycles. The fourth-order valence-electron chi connectivity index (χ4n) is 2.90. The molecule has 2 rings (SSSR count). The quantitative estimate of drug-likeness (QED) is 0.881. The van der Waals surface area contributed by atoms with Crippen LogP contribution < -0.4 is 5.32 Å². The molecule has 3 heteroatoms. The molecule has 1 heterocycles. The molecule has 0 saturated carbocycles.